The molecule has 37 heavy (non-hydrogen) atoms. The maximum Gasteiger partial charge on any atom is 0.255 e. The van der Waals surface area contributed by atoms with Gasteiger partial charge in [-0.05, 0) is 60.2 Å². The van der Waals surface area contributed by atoms with Crippen molar-refractivity contribution in [1.82, 2.24) is 10.6 Å². The Morgan fingerprint density at radius 2 is 1.62 bits per heavy atom. The number of unbranched alkanes of at least 4 members (excludes halogenated alkanes) is 1. The lowest BCUT2D eigenvalue weighted by atomic mass is 10.0. The summed E-state index contributed by atoms with van der Waals surface area (Å²) < 4.78 is 5.86. The summed E-state index contributed by atoms with van der Waals surface area (Å²) in [7, 11) is 0. The fraction of sp³-hybridized carbons (Fsp3) is 0.250. The average molecular weight is 505 g/mol. The van der Waals surface area contributed by atoms with Crippen molar-refractivity contribution in [2.24, 2.45) is 11.5 Å². The minimum atomic E-state index is -0.689. The molecule has 0 saturated heterocycles. The highest BCUT2D eigenvalue weighted by molar-refractivity contribution is 5.99. The average Bonchev–Trinajstić information content (AvgIpc) is 2.90. The molecule has 0 bridgehead atoms. The van der Waals surface area contributed by atoms with Gasteiger partial charge < -0.3 is 31.9 Å². The van der Waals surface area contributed by atoms with Crippen LogP contribution in [0.2, 0.25) is 0 Å². The van der Waals surface area contributed by atoms with Crippen molar-refractivity contribution in [3.05, 3.63) is 83.9 Å². The lowest BCUT2D eigenvalue weighted by Gasteiger charge is -2.14. The number of benzene rings is 3. The molecule has 0 fully saturated rings. The molecule has 0 aromatic heterocycles. The molecule has 7 N–H and O–H groups in total. The monoisotopic (exact) mass is 504 g/mol. The van der Waals surface area contributed by atoms with E-state index in [1.54, 1.807) is 36.4 Å². The molecular formula is C28H32N4O5. The van der Waals surface area contributed by atoms with Crippen LogP contribution in [0.3, 0.4) is 0 Å². The molecule has 0 heterocycles. The number of ether oxygens (including phenoxy) is 1. The van der Waals surface area contributed by atoms with Gasteiger partial charge in [0.25, 0.3) is 5.91 Å². The van der Waals surface area contributed by atoms with E-state index in [2.05, 4.69) is 10.6 Å². The first kappa shape index (κ1) is 27.2. The number of hydrogen-bond donors (Lipinski definition) is 5. The zero-order chi connectivity index (χ0) is 26.6. The van der Waals surface area contributed by atoms with Crippen LogP contribution in [0.1, 0.15) is 28.8 Å². The molecule has 9 nitrogen and oxygen atoms in total. The third-order valence-corrected chi connectivity index (χ3v) is 5.61. The van der Waals surface area contributed by atoms with Gasteiger partial charge in [0.05, 0.1) is 24.8 Å². The highest BCUT2D eigenvalue weighted by Crippen LogP contribution is 2.27. The third-order valence-electron chi connectivity index (χ3n) is 5.61. The topological polar surface area (TPSA) is 157 Å². The van der Waals surface area contributed by atoms with Gasteiger partial charge in [0.1, 0.15) is 11.5 Å². The van der Waals surface area contributed by atoms with Crippen LogP contribution >= 0.6 is 0 Å². The molecule has 0 spiro atoms. The van der Waals surface area contributed by atoms with Crippen molar-refractivity contribution in [2.75, 3.05) is 19.7 Å². The van der Waals surface area contributed by atoms with Gasteiger partial charge in [0.15, 0.2) is 0 Å². The molecule has 0 radical (unpaired) electrons. The number of aromatic hydroxyl groups is 1. The van der Waals surface area contributed by atoms with Gasteiger partial charge in [-0.2, -0.15) is 0 Å². The molecule has 0 aliphatic rings. The number of phenolic OH excluding ortho intramolecular Hbond substituents is 1. The number of amides is 3. The smallest absolute Gasteiger partial charge is 0.255 e. The van der Waals surface area contributed by atoms with E-state index >= 15 is 0 Å². The van der Waals surface area contributed by atoms with E-state index < -0.39 is 17.9 Å². The minimum absolute atomic E-state index is 0.162. The summed E-state index contributed by atoms with van der Waals surface area (Å²) in [6, 6.07) is 20.8. The first-order valence-electron chi connectivity index (χ1n) is 12.0. The van der Waals surface area contributed by atoms with E-state index in [9.17, 15) is 19.5 Å². The quantitative estimate of drug-likeness (QED) is 0.224. The van der Waals surface area contributed by atoms with E-state index in [0.717, 1.165) is 16.7 Å². The normalized spacial score (nSPS) is 11.4. The van der Waals surface area contributed by atoms with Crippen molar-refractivity contribution in [1.29, 1.82) is 0 Å². The number of nitrogens with two attached hydrogens (primary N) is 2. The van der Waals surface area contributed by atoms with E-state index in [4.69, 9.17) is 16.2 Å². The third kappa shape index (κ3) is 8.66. The highest BCUT2D eigenvalue weighted by atomic mass is 16.5. The van der Waals surface area contributed by atoms with Gasteiger partial charge in [-0.15, -0.1) is 0 Å². The van der Waals surface area contributed by atoms with Gasteiger partial charge in [-0.3, -0.25) is 14.4 Å². The Balaban J connectivity index is 1.49. The zero-order valence-electron chi connectivity index (χ0n) is 20.5. The molecule has 0 aliphatic carbocycles. The maximum absolute atomic E-state index is 12.7. The lowest BCUT2D eigenvalue weighted by molar-refractivity contribution is -0.122. The first-order valence-corrected chi connectivity index (χ1v) is 12.0. The van der Waals surface area contributed by atoms with Crippen LogP contribution in [0.15, 0.2) is 72.8 Å². The Bertz CT molecular complexity index is 1200. The van der Waals surface area contributed by atoms with Gasteiger partial charge in [0, 0.05) is 6.54 Å². The Morgan fingerprint density at radius 3 is 2.32 bits per heavy atom. The molecule has 3 rings (SSSR count). The first-order chi connectivity index (χ1) is 17.8. The van der Waals surface area contributed by atoms with Gasteiger partial charge in [0.2, 0.25) is 11.8 Å². The molecule has 3 amide bonds. The van der Waals surface area contributed by atoms with Gasteiger partial charge in [-0.25, -0.2) is 0 Å². The van der Waals surface area contributed by atoms with Crippen molar-refractivity contribution in [2.45, 2.75) is 25.3 Å². The number of carbonyl (C=O) groups excluding carboxylic acids is 3. The Kier molecular flexibility index (Phi) is 10.0. The van der Waals surface area contributed by atoms with Crippen LogP contribution in [-0.2, 0) is 16.0 Å². The van der Waals surface area contributed by atoms with Crippen molar-refractivity contribution < 1.29 is 24.2 Å². The lowest BCUT2D eigenvalue weighted by Crippen LogP contribution is -2.42. The summed E-state index contributed by atoms with van der Waals surface area (Å²) in [6.07, 6.45) is 1.66. The molecule has 0 saturated carbocycles. The van der Waals surface area contributed by atoms with Crippen LogP contribution in [0.5, 0.6) is 11.5 Å². The second-order valence-corrected chi connectivity index (χ2v) is 8.55. The molecule has 3 aromatic rings. The van der Waals surface area contributed by atoms with E-state index in [1.807, 2.05) is 36.4 Å². The Hall–Kier alpha value is -4.37. The standard InChI is InChI=1S/C28H32N4O5/c29-24(16-19-8-11-22(33)12-9-19)28(36)31-14-4-5-15-37-25-13-10-21(20-6-2-1-3-7-20)17-23(25)27(35)32-18-26(30)34/h1-3,6-13,17,24,33H,4-5,14-16,18,29H2,(H2,30,34)(H,31,36)(H,32,35). The van der Waals surface area contributed by atoms with E-state index in [1.165, 1.54) is 0 Å². The molecule has 194 valence electrons. The van der Waals surface area contributed by atoms with Crippen LogP contribution in [0.25, 0.3) is 11.1 Å². The second-order valence-electron chi connectivity index (χ2n) is 8.55. The summed E-state index contributed by atoms with van der Waals surface area (Å²) in [6.45, 7) is 0.489. The van der Waals surface area contributed by atoms with Gasteiger partial charge >= 0.3 is 0 Å². The Morgan fingerprint density at radius 1 is 0.892 bits per heavy atom. The maximum atomic E-state index is 12.7. The molecule has 1 atom stereocenters. The highest BCUT2D eigenvalue weighted by Gasteiger charge is 2.16. The summed E-state index contributed by atoms with van der Waals surface area (Å²) in [5.74, 6) is -0.795. The molecule has 1 unspecified atom stereocenters. The number of hydrogen-bond acceptors (Lipinski definition) is 6. The summed E-state index contributed by atoms with van der Waals surface area (Å²) in [5, 5.41) is 14.7. The molecule has 3 aromatic carbocycles. The van der Waals surface area contributed by atoms with Crippen molar-refractivity contribution in [3.8, 4) is 22.6 Å². The number of rotatable bonds is 13. The molecule has 9 heteroatoms. The fourth-order valence-electron chi connectivity index (χ4n) is 3.64. The largest absolute Gasteiger partial charge is 0.508 e. The van der Waals surface area contributed by atoms with Gasteiger partial charge in [-0.1, -0.05) is 48.5 Å². The predicted octanol–water partition coefficient (Wildman–Crippen LogP) is 2.12. The number of primary amides is 1. The minimum Gasteiger partial charge on any atom is -0.508 e. The zero-order valence-corrected chi connectivity index (χ0v) is 20.5. The van der Waals surface area contributed by atoms with Crippen molar-refractivity contribution in [3.63, 3.8) is 0 Å². The van der Waals surface area contributed by atoms with Crippen molar-refractivity contribution >= 4 is 17.7 Å². The van der Waals surface area contributed by atoms with Crippen LogP contribution in [0, 0.1) is 0 Å². The number of carbonyl (C=O) groups is 3. The Labute approximate surface area is 215 Å². The van der Waals surface area contributed by atoms with Crippen LogP contribution < -0.4 is 26.8 Å². The summed E-state index contributed by atoms with van der Waals surface area (Å²) in [5.41, 5.74) is 14.1. The summed E-state index contributed by atoms with van der Waals surface area (Å²) in [4.78, 5) is 36.1. The molecule has 0 aliphatic heterocycles. The summed E-state index contributed by atoms with van der Waals surface area (Å²) >= 11 is 0. The van der Waals surface area contributed by atoms with E-state index in [-0.39, 0.29) is 18.2 Å². The molecular weight excluding hydrogens is 472 g/mol. The second kappa shape index (κ2) is 13.6. The van der Waals surface area contributed by atoms with Crippen LogP contribution in [0.4, 0.5) is 0 Å². The number of phenols is 1. The number of nitrogens with one attached hydrogen (secondary N) is 2. The van der Waals surface area contributed by atoms with Crippen LogP contribution in [-0.4, -0.2) is 48.6 Å². The SMILES string of the molecule is NC(=O)CNC(=O)c1cc(-c2ccccc2)ccc1OCCCCNC(=O)C(N)Cc1ccc(O)cc1. The predicted molar refractivity (Wildman–Crippen MR) is 141 cm³/mol. The van der Waals surface area contributed by atoms with E-state index in [0.29, 0.717) is 43.7 Å². The fourth-order valence-corrected chi connectivity index (χ4v) is 3.64.